The molecule has 0 aliphatic carbocycles. The van der Waals surface area contributed by atoms with Gasteiger partial charge in [-0.3, -0.25) is 4.79 Å². The highest BCUT2D eigenvalue weighted by molar-refractivity contribution is 6.68. The summed E-state index contributed by atoms with van der Waals surface area (Å²) in [7, 11) is 0. The summed E-state index contributed by atoms with van der Waals surface area (Å²) < 4.78 is 2.66. The minimum atomic E-state index is -2.35. The van der Waals surface area contributed by atoms with Crippen LogP contribution < -0.4 is 5.32 Å². The molecule has 0 heterocycles. The van der Waals surface area contributed by atoms with Crippen molar-refractivity contribution in [2.45, 2.75) is 30.7 Å². The summed E-state index contributed by atoms with van der Waals surface area (Å²) in [6.07, 6.45) is 5.26. The third-order valence-corrected chi connectivity index (χ3v) is 2.88. The van der Waals surface area contributed by atoms with Crippen LogP contribution >= 0.6 is 23.2 Å². The van der Waals surface area contributed by atoms with E-state index in [-0.39, 0.29) is 0 Å². The van der Waals surface area contributed by atoms with Crippen molar-refractivity contribution in [2.75, 3.05) is 5.32 Å². The van der Waals surface area contributed by atoms with Crippen molar-refractivity contribution in [3.63, 3.8) is 0 Å². The Labute approximate surface area is 133 Å². The molecule has 0 atom stereocenters. The molecule has 0 spiro atoms. The number of carbonyl (C=O) groups excluding carboxylic acids is 2. The molecule has 1 aromatic carbocycles. The molecule has 0 saturated heterocycles. The first-order valence-corrected chi connectivity index (χ1v) is 6.81. The first-order chi connectivity index (χ1) is 9.56. The first kappa shape index (κ1) is 17.4. The number of terminal acetylenes is 1. The normalized spacial score (nSPS) is 11.4. The van der Waals surface area contributed by atoms with Crippen molar-refractivity contribution in [3.8, 4) is 12.3 Å². The van der Waals surface area contributed by atoms with Crippen molar-refractivity contribution >= 4 is 40.8 Å². The fourth-order valence-electron chi connectivity index (χ4n) is 1.33. The van der Waals surface area contributed by atoms with Gasteiger partial charge in [0, 0.05) is 11.3 Å². The Morgan fingerprint density at radius 3 is 2.43 bits per heavy atom. The Kier molecular flexibility index (Phi) is 5.27. The second-order valence-corrected chi connectivity index (χ2v) is 6.58. The molecule has 1 aromatic rings. The number of anilines is 1. The number of hydrogen-bond donors (Lipinski definition) is 1. The number of esters is 1. The number of nitrogens with one attached hydrogen (secondary N) is 1. The highest BCUT2D eigenvalue weighted by Gasteiger charge is 2.45. The fraction of sp³-hybridized carbons (Fsp3) is 0.333. The van der Waals surface area contributed by atoms with E-state index in [2.05, 4.69) is 11.2 Å². The zero-order chi connectivity index (χ0) is 16.3. The van der Waals surface area contributed by atoms with Crippen molar-refractivity contribution in [1.29, 1.82) is 0 Å². The third kappa shape index (κ3) is 4.96. The van der Waals surface area contributed by atoms with E-state index in [1.54, 1.807) is 45.0 Å². The summed E-state index contributed by atoms with van der Waals surface area (Å²) in [4.78, 5) is 23.9. The molecule has 6 heteroatoms. The van der Waals surface area contributed by atoms with Crippen molar-refractivity contribution in [1.82, 2.24) is 0 Å². The number of carbonyl (C=O) groups is 2. The van der Waals surface area contributed by atoms with E-state index in [1.165, 1.54) is 0 Å². The zero-order valence-electron chi connectivity index (χ0n) is 11.9. The standard InChI is InChI=1S/C15H15Cl2NO3/c1-5-10-7-6-8-11(9-10)18-12(19)15(16,17)13(20)21-14(2,3)4/h1,6-9H,2-4H3,(H,18,19). The molecule has 0 aliphatic heterocycles. The maximum absolute atomic E-state index is 12.0. The van der Waals surface area contributed by atoms with Crippen LogP contribution in [-0.4, -0.2) is 21.8 Å². The Hall–Kier alpha value is -1.70. The van der Waals surface area contributed by atoms with Gasteiger partial charge in [0.25, 0.3) is 10.2 Å². The maximum atomic E-state index is 12.0. The number of amides is 1. The van der Waals surface area contributed by atoms with E-state index < -0.39 is 21.8 Å². The van der Waals surface area contributed by atoms with E-state index in [4.69, 9.17) is 34.4 Å². The molecule has 0 aliphatic rings. The predicted octanol–water partition coefficient (Wildman–Crippen LogP) is 3.12. The van der Waals surface area contributed by atoms with Crippen LogP contribution in [0.4, 0.5) is 5.69 Å². The van der Waals surface area contributed by atoms with Crippen LogP contribution in [0, 0.1) is 12.3 Å². The minimum absolute atomic E-state index is 0.379. The summed E-state index contributed by atoms with van der Waals surface area (Å²) in [5.74, 6) is 0.478. The van der Waals surface area contributed by atoms with Gasteiger partial charge in [0.15, 0.2) is 0 Å². The highest BCUT2D eigenvalue weighted by Crippen LogP contribution is 2.27. The van der Waals surface area contributed by atoms with Gasteiger partial charge in [0.2, 0.25) is 0 Å². The van der Waals surface area contributed by atoms with E-state index >= 15 is 0 Å². The van der Waals surface area contributed by atoms with Crippen molar-refractivity contribution in [2.24, 2.45) is 0 Å². The lowest BCUT2D eigenvalue weighted by Crippen LogP contribution is -2.44. The molecule has 1 rings (SSSR count). The highest BCUT2D eigenvalue weighted by atomic mass is 35.5. The van der Waals surface area contributed by atoms with Crippen LogP contribution in [0.1, 0.15) is 26.3 Å². The molecule has 1 amide bonds. The molecule has 0 bridgehead atoms. The molecular weight excluding hydrogens is 313 g/mol. The molecule has 0 aromatic heterocycles. The number of ether oxygens (including phenoxy) is 1. The topological polar surface area (TPSA) is 55.4 Å². The Morgan fingerprint density at radius 2 is 1.90 bits per heavy atom. The van der Waals surface area contributed by atoms with Gasteiger partial charge < -0.3 is 10.1 Å². The molecule has 0 unspecified atom stereocenters. The van der Waals surface area contributed by atoms with Crippen LogP contribution in [0.3, 0.4) is 0 Å². The number of alkyl halides is 2. The molecule has 1 N–H and O–H groups in total. The van der Waals surface area contributed by atoms with Crippen LogP contribution in [0.25, 0.3) is 0 Å². The quantitative estimate of drug-likeness (QED) is 0.401. The first-order valence-electron chi connectivity index (χ1n) is 6.05. The number of halogens is 2. The van der Waals surface area contributed by atoms with E-state index in [1.807, 2.05) is 0 Å². The predicted molar refractivity (Wildman–Crippen MR) is 83.3 cm³/mol. The summed E-state index contributed by atoms with van der Waals surface area (Å²) >= 11 is 11.6. The summed E-state index contributed by atoms with van der Waals surface area (Å²) in [5.41, 5.74) is 0.139. The fourth-order valence-corrected chi connectivity index (χ4v) is 1.50. The number of benzene rings is 1. The van der Waals surface area contributed by atoms with Gasteiger partial charge in [0.1, 0.15) is 5.60 Å². The SMILES string of the molecule is C#Cc1cccc(NC(=O)C(Cl)(Cl)C(=O)OC(C)(C)C)c1. The molecule has 0 radical (unpaired) electrons. The zero-order valence-corrected chi connectivity index (χ0v) is 13.4. The number of rotatable bonds is 3. The molecule has 0 fully saturated rings. The van der Waals surface area contributed by atoms with Crippen LogP contribution in [0.5, 0.6) is 0 Å². The molecule has 4 nitrogen and oxygen atoms in total. The minimum Gasteiger partial charge on any atom is -0.457 e. The molecule has 112 valence electrons. The molecule has 21 heavy (non-hydrogen) atoms. The summed E-state index contributed by atoms with van der Waals surface area (Å²) in [6.45, 7) is 4.93. The van der Waals surface area contributed by atoms with Gasteiger partial charge in [-0.15, -0.1) is 6.42 Å². The molecular formula is C15H15Cl2NO3. The largest absolute Gasteiger partial charge is 0.457 e. The summed E-state index contributed by atoms with van der Waals surface area (Å²) in [6, 6.07) is 6.50. The smallest absolute Gasteiger partial charge is 0.353 e. The van der Waals surface area contributed by atoms with E-state index in [0.29, 0.717) is 11.3 Å². The van der Waals surface area contributed by atoms with Gasteiger partial charge in [-0.05, 0) is 39.0 Å². The Balaban J connectivity index is 2.86. The Bertz CT molecular complexity index is 598. The van der Waals surface area contributed by atoms with Gasteiger partial charge >= 0.3 is 5.97 Å². The Morgan fingerprint density at radius 1 is 1.29 bits per heavy atom. The lowest BCUT2D eigenvalue weighted by atomic mass is 10.2. The van der Waals surface area contributed by atoms with Crippen LogP contribution in [0.2, 0.25) is 0 Å². The van der Waals surface area contributed by atoms with Crippen molar-refractivity contribution in [3.05, 3.63) is 29.8 Å². The lowest BCUT2D eigenvalue weighted by molar-refractivity contribution is -0.156. The van der Waals surface area contributed by atoms with Crippen LogP contribution in [0.15, 0.2) is 24.3 Å². The second-order valence-electron chi connectivity index (χ2n) is 5.26. The van der Waals surface area contributed by atoms with Gasteiger partial charge in [-0.2, -0.15) is 0 Å². The lowest BCUT2D eigenvalue weighted by Gasteiger charge is -2.24. The van der Waals surface area contributed by atoms with Gasteiger partial charge in [-0.25, -0.2) is 4.79 Å². The van der Waals surface area contributed by atoms with Gasteiger partial charge in [-0.1, -0.05) is 35.2 Å². The monoisotopic (exact) mass is 327 g/mol. The van der Waals surface area contributed by atoms with E-state index in [9.17, 15) is 9.59 Å². The van der Waals surface area contributed by atoms with Crippen molar-refractivity contribution < 1.29 is 14.3 Å². The number of hydrogen-bond acceptors (Lipinski definition) is 3. The molecule has 0 saturated carbocycles. The maximum Gasteiger partial charge on any atom is 0.353 e. The van der Waals surface area contributed by atoms with Crippen LogP contribution in [-0.2, 0) is 14.3 Å². The van der Waals surface area contributed by atoms with Gasteiger partial charge in [0.05, 0.1) is 0 Å². The third-order valence-electron chi connectivity index (χ3n) is 2.23. The average Bonchev–Trinajstić information content (AvgIpc) is 2.36. The second kappa shape index (κ2) is 6.38. The summed E-state index contributed by atoms with van der Waals surface area (Å²) in [5, 5.41) is 2.42. The average molecular weight is 328 g/mol. The van der Waals surface area contributed by atoms with E-state index in [0.717, 1.165) is 0 Å².